The first-order valence-electron chi connectivity index (χ1n) is 9.23. The summed E-state index contributed by atoms with van der Waals surface area (Å²) in [6.07, 6.45) is 0. The Labute approximate surface area is 172 Å². The third kappa shape index (κ3) is 4.07. The van der Waals surface area contributed by atoms with E-state index in [-0.39, 0.29) is 11.5 Å². The van der Waals surface area contributed by atoms with Crippen LogP contribution in [0, 0.1) is 0 Å². The lowest BCUT2D eigenvalue weighted by atomic mass is 10.2. The van der Waals surface area contributed by atoms with Gasteiger partial charge in [-0.05, 0) is 43.3 Å². The molecule has 1 heterocycles. The van der Waals surface area contributed by atoms with Gasteiger partial charge in [0.05, 0.1) is 16.2 Å². The van der Waals surface area contributed by atoms with Crippen LogP contribution < -0.4 is 10.5 Å². The fourth-order valence-corrected chi connectivity index (χ4v) is 3.92. The Morgan fingerprint density at radius 2 is 1.45 bits per heavy atom. The van der Waals surface area contributed by atoms with Crippen LogP contribution in [-0.2, 0) is 4.79 Å². The lowest BCUT2D eigenvalue weighted by Crippen LogP contribution is -2.33. The number of aromatic amines is 1. The van der Waals surface area contributed by atoms with Gasteiger partial charge in [-0.2, -0.15) is 0 Å². The fourth-order valence-electron chi connectivity index (χ4n) is 3.08. The van der Waals surface area contributed by atoms with Crippen LogP contribution in [0.25, 0.3) is 10.9 Å². The van der Waals surface area contributed by atoms with Crippen LogP contribution in [0.1, 0.15) is 6.92 Å². The van der Waals surface area contributed by atoms with Gasteiger partial charge < -0.3 is 4.98 Å². The van der Waals surface area contributed by atoms with E-state index in [2.05, 4.69) is 9.97 Å². The van der Waals surface area contributed by atoms with Crippen LogP contribution in [0.3, 0.4) is 0 Å². The third-order valence-corrected chi connectivity index (χ3v) is 5.45. The van der Waals surface area contributed by atoms with Crippen molar-refractivity contribution in [2.75, 3.05) is 4.90 Å². The van der Waals surface area contributed by atoms with Crippen LogP contribution >= 0.6 is 11.8 Å². The van der Waals surface area contributed by atoms with Gasteiger partial charge in [-0.3, -0.25) is 14.5 Å². The second-order valence-corrected chi connectivity index (χ2v) is 7.82. The molecular weight excluding hydrogens is 382 g/mol. The zero-order valence-electron chi connectivity index (χ0n) is 15.8. The molecule has 0 bridgehead atoms. The summed E-state index contributed by atoms with van der Waals surface area (Å²) < 4.78 is 0. The van der Waals surface area contributed by atoms with Crippen molar-refractivity contribution in [3.05, 3.63) is 95.3 Å². The van der Waals surface area contributed by atoms with Gasteiger partial charge in [0.15, 0.2) is 5.16 Å². The molecule has 1 aromatic heterocycles. The zero-order chi connectivity index (χ0) is 20.2. The molecule has 3 aromatic carbocycles. The second kappa shape index (κ2) is 8.32. The van der Waals surface area contributed by atoms with Gasteiger partial charge in [0.25, 0.3) is 5.56 Å². The molecule has 0 saturated carbocycles. The Hall–Kier alpha value is -3.38. The van der Waals surface area contributed by atoms with Crippen molar-refractivity contribution in [1.29, 1.82) is 0 Å². The molecule has 144 valence electrons. The topological polar surface area (TPSA) is 66.1 Å². The standard InChI is InChI=1S/C23H19N3O2S/c1-16(29-23-24-20-15-9-8-14-19(20)21(27)25-23)22(28)26(17-10-4-2-5-11-17)18-12-6-3-7-13-18/h2-16H,1H3,(H,24,25,27)/t16-/m0/s1. The van der Waals surface area contributed by atoms with E-state index in [1.807, 2.05) is 73.7 Å². The monoisotopic (exact) mass is 401 g/mol. The fraction of sp³-hybridized carbons (Fsp3) is 0.0870. The van der Waals surface area contributed by atoms with Crippen molar-refractivity contribution in [3.63, 3.8) is 0 Å². The number of carbonyl (C=O) groups is 1. The van der Waals surface area contributed by atoms with Gasteiger partial charge >= 0.3 is 0 Å². The number of H-pyrrole nitrogens is 1. The first-order chi connectivity index (χ1) is 14.1. The molecule has 0 fully saturated rings. The molecule has 0 aliphatic heterocycles. The average molecular weight is 401 g/mol. The number of aromatic nitrogens is 2. The van der Waals surface area contributed by atoms with Crippen LogP contribution in [0.5, 0.6) is 0 Å². The zero-order valence-corrected chi connectivity index (χ0v) is 16.6. The Balaban J connectivity index is 1.65. The van der Waals surface area contributed by atoms with Crippen molar-refractivity contribution >= 4 is 39.9 Å². The number of hydrogen-bond donors (Lipinski definition) is 1. The molecule has 0 saturated heterocycles. The van der Waals surface area contributed by atoms with E-state index in [1.54, 1.807) is 23.1 Å². The predicted molar refractivity (Wildman–Crippen MR) is 118 cm³/mol. The molecule has 0 unspecified atom stereocenters. The lowest BCUT2D eigenvalue weighted by molar-refractivity contribution is -0.117. The molecule has 0 spiro atoms. The number of carbonyl (C=O) groups excluding carboxylic acids is 1. The summed E-state index contributed by atoms with van der Waals surface area (Å²) in [4.78, 5) is 34.7. The Morgan fingerprint density at radius 1 is 0.897 bits per heavy atom. The first kappa shape index (κ1) is 19.0. The molecule has 0 aliphatic carbocycles. The minimum absolute atomic E-state index is 0.0943. The molecule has 1 atom stereocenters. The van der Waals surface area contributed by atoms with Crippen LogP contribution in [0.4, 0.5) is 11.4 Å². The van der Waals surface area contributed by atoms with Gasteiger partial charge in [0, 0.05) is 11.4 Å². The van der Waals surface area contributed by atoms with Crippen LogP contribution in [0.15, 0.2) is 94.9 Å². The maximum Gasteiger partial charge on any atom is 0.259 e. The molecule has 1 N–H and O–H groups in total. The number of rotatable bonds is 5. The van der Waals surface area contributed by atoms with Gasteiger partial charge in [0.1, 0.15) is 0 Å². The van der Waals surface area contributed by atoms with Gasteiger partial charge in [0.2, 0.25) is 5.91 Å². The Kier molecular flexibility index (Phi) is 5.44. The highest BCUT2D eigenvalue weighted by Gasteiger charge is 2.25. The third-order valence-electron chi connectivity index (χ3n) is 4.48. The molecule has 29 heavy (non-hydrogen) atoms. The SMILES string of the molecule is C[C@H](Sc1nc2ccccc2c(=O)[nH]1)C(=O)N(c1ccccc1)c1ccccc1. The minimum Gasteiger partial charge on any atom is -0.301 e. The van der Waals surface area contributed by atoms with Crippen LogP contribution in [0.2, 0.25) is 0 Å². The predicted octanol–water partition coefficient (Wildman–Crippen LogP) is 4.77. The quantitative estimate of drug-likeness (QED) is 0.386. The smallest absolute Gasteiger partial charge is 0.259 e. The van der Waals surface area contributed by atoms with Crippen molar-refractivity contribution in [3.8, 4) is 0 Å². The number of nitrogens with one attached hydrogen (secondary N) is 1. The summed E-state index contributed by atoms with van der Waals surface area (Å²) in [6.45, 7) is 1.82. The maximum absolute atomic E-state index is 13.4. The van der Waals surface area contributed by atoms with Crippen LogP contribution in [-0.4, -0.2) is 21.1 Å². The number of fused-ring (bicyclic) bond motifs is 1. The summed E-state index contributed by atoms with van der Waals surface area (Å²) in [7, 11) is 0. The van der Waals surface area contributed by atoms with Crippen molar-refractivity contribution in [2.45, 2.75) is 17.3 Å². The molecular formula is C23H19N3O2S. The number of hydrogen-bond acceptors (Lipinski definition) is 4. The minimum atomic E-state index is -0.459. The lowest BCUT2D eigenvalue weighted by Gasteiger charge is -2.25. The Bertz CT molecular complexity index is 1150. The van der Waals surface area contributed by atoms with E-state index in [1.165, 1.54) is 11.8 Å². The maximum atomic E-state index is 13.4. The van der Waals surface area contributed by atoms with Gasteiger partial charge in [-0.25, -0.2) is 4.98 Å². The van der Waals surface area contributed by atoms with E-state index in [9.17, 15) is 9.59 Å². The summed E-state index contributed by atoms with van der Waals surface area (Å²) in [6, 6.07) is 26.2. The van der Waals surface area contributed by atoms with E-state index >= 15 is 0 Å². The molecule has 4 aromatic rings. The summed E-state index contributed by atoms with van der Waals surface area (Å²) in [5.74, 6) is -0.0943. The van der Waals surface area contributed by atoms with Crippen molar-refractivity contribution in [2.24, 2.45) is 0 Å². The number of benzene rings is 3. The number of amides is 1. The molecule has 6 heteroatoms. The van der Waals surface area contributed by atoms with E-state index in [0.717, 1.165) is 11.4 Å². The molecule has 1 amide bonds. The molecule has 4 rings (SSSR count). The molecule has 0 aliphatic rings. The largest absolute Gasteiger partial charge is 0.301 e. The number of nitrogens with zero attached hydrogens (tertiary/aromatic N) is 2. The summed E-state index contributed by atoms with van der Waals surface area (Å²) in [5, 5.41) is 0.501. The highest BCUT2D eigenvalue weighted by molar-refractivity contribution is 8.00. The number of thioether (sulfide) groups is 1. The molecule has 5 nitrogen and oxygen atoms in total. The number of para-hydroxylation sites is 3. The van der Waals surface area contributed by atoms with Gasteiger partial charge in [-0.1, -0.05) is 60.3 Å². The van der Waals surface area contributed by atoms with Crippen molar-refractivity contribution in [1.82, 2.24) is 9.97 Å². The second-order valence-electron chi connectivity index (χ2n) is 6.49. The normalized spacial score (nSPS) is 11.9. The van der Waals surface area contributed by atoms with E-state index in [4.69, 9.17) is 0 Å². The molecule has 0 radical (unpaired) electrons. The van der Waals surface area contributed by atoms with E-state index in [0.29, 0.717) is 16.1 Å². The first-order valence-corrected chi connectivity index (χ1v) is 10.1. The average Bonchev–Trinajstić information content (AvgIpc) is 2.75. The summed E-state index contributed by atoms with van der Waals surface area (Å²) >= 11 is 1.24. The van der Waals surface area contributed by atoms with E-state index < -0.39 is 5.25 Å². The highest BCUT2D eigenvalue weighted by atomic mass is 32.2. The van der Waals surface area contributed by atoms with Gasteiger partial charge in [-0.15, -0.1) is 0 Å². The number of anilines is 2. The highest BCUT2D eigenvalue weighted by Crippen LogP contribution is 2.30. The summed E-state index contributed by atoms with van der Waals surface area (Å²) in [5.41, 5.74) is 1.98. The van der Waals surface area contributed by atoms with Crippen molar-refractivity contribution < 1.29 is 4.79 Å². The Morgan fingerprint density at radius 3 is 2.07 bits per heavy atom.